The van der Waals surface area contributed by atoms with Crippen molar-refractivity contribution in [3.63, 3.8) is 0 Å². The first kappa shape index (κ1) is 12.6. The summed E-state index contributed by atoms with van der Waals surface area (Å²) in [5.74, 6) is -0.749. The molecule has 1 atom stereocenters. The number of carbonyl (C=O) groups is 1. The number of carboxylic acids is 1. The summed E-state index contributed by atoms with van der Waals surface area (Å²) in [6, 6.07) is 0. The first-order valence-corrected chi connectivity index (χ1v) is 5.24. The minimum Gasteiger partial charge on any atom is -0.476 e. The van der Waals surface area contributed by atoms with Gasteiger partial charge in [0.05, 0.1) is 12.3 Å². The van der Waals surface area contributed by atoms with Gasteiger partial charge in [0.1, 0.15) is 0 Å². The molecule has 0 aliphatic rings. The molecule has 1 N–H and O–H groups in total. The van der Waals surface area contributed by atoms with Crippen LogP contribution >= 0.6 is 0 Å². The van der Waals surface area contributed by atoms with E-state index in [4.69, 9.17) is 9.84 Å². The van der Waals surface area contributed by atoms with E-state index in [1.165, 1.54) is 0 Å². The number of hydrogen-bond donors (Lipinski definition) is 1. The Morgan fingerprint density at radius 1 is 1.62 bits per heavy atom. The van der Waals surface area contributed by atoms with E-state index in [9.17, 15) is 4.79 Å². The van der Waals surface area contributed by atoms with Crippen LogP contribution in [-0.4, -0.2) is 39.8 Å². The molecule has 6 nitrogen and oxygen atoms in total. The van der Waals surface area contributed by atoms with Gasteiger partial charge in [-0.2, -0.15) is 0 Å². The van der Waals surface area contributed by atoms with E-state index in [0.29, 0.717) is 25.3 Å². The number of carboxylic acid groups (broad SMARTS) is 1. The predicted molar refractivity (Wildman–Crippen MR) is 57.4 cm³/mol. The number of rotatable bonds is 6. The molecular weight excluding hydrogens is 210 g/mol. The molecule has 16 heavy (non-hydrogen) atoms. The minimum absolute atomic E-state index is 0.0483. The lowest BCUT2D eigenvalue weighted by atomic mass is 10.2. The molecule has 0 saturated carbocycles. The van der Waals surface area contributed by atoms with Gasteiger partial charge in [0.15, 0.2) is 5.69 Å². The van der Waals surface area contributed by atoms with Crippen LogP contribution < -0.4 is 0 Å². The van der Waals surface area contributed by atoms with Gasteiger partial charge >= 0.3 is 5.97 Å². The van der Waals surface area contributed by atoms with Crippen LogP contribution in [0.4, 0.5) is 0 Å². The van der Waals surface area contributed by atoms with Crippen molar-refractivity contribution in [1.82, 2.24) is 15.0 Å². The molecule has 0 aliphatic heterocycles. The topological polar surface area (TPSA) is 77.2 Å². The van der Waals surface area contributed by atoms with Crippen molar-refractivity contribution >= 4 is 5.97 Å². The van der Waals surface area contributed by atoms with Crippen LogP contribution in [0.15, 0.2) is 0 Å². The Kier molecular flexibility index (Phi) is 4.42. The van der Waals surface area contributed by atoms with E-state index in [-0.39, 0.29) is 11.6 Å². The van der Waals surface area contributed by atoms with Crippen molar-refractivity contribution in [1.29, 1.82) is 0 Å². The first-order valence-electron chi connectivity index (χ1n) is 5.24. The number of methoxy groups -OCH3 is 1. The third-order valence-corrected chi connectivity index (χ3v) is 2.31. The van der Waals surface area contributed by atoms with Gasteiger partial charge in [-0.15, -0.1) is 5.10 Å². The third-order valence-electron chi connectivity index (χ3n) is 2.31. The molecule has 0 bridgehead atoms. The number of ether oxygens (including phenoxy) is 1. The summed E-state index contributed by atoms with van der Waals surface area (Å²) < 4.78 is 6.67. The monoisotopic (exact) mass is 227 g/mol. The molecule has 1 aromatic heterocycles. The zero-order valence-corrected chi connectivity index (χ0v) is 9.80. The van der Waals surface area contributed by atoms with Crippen LogP contribution in [0.1, 0.15) is 30.0 Å². The van der Waals surface area contributed by atoms with Gasteiger partial charge in [-0.05, 0) is 12.3 Å². The standard InChI is InChI=1S/C10H17N3O3/c1-4-8-9(10(14)15)11-12-13(8)5-7(2)6-16-3/h7H,4-6H2,1-3H3,(H,14,15). The summed E-state index contributed by atoms with van der Waals surface area (Å²) in [7, 11) is 1.64. The van der Waals surface area contributed by atoms with Crippen LogP contribution in [0.25, 0.3) is 0 Å². The molecule has 0 saturated heterocycles. The highest BCUT2D eigenvalue weighted by atomic mass is 16.5. The molecule has 1 heterocycles. The SMILES string of the molecule is CCc1c(C(=O)O)nnn1CC(C)COC. The number of aromatic nitrogens is 3. The fourth-order valence-electron chi connectivity index (χ4n) is 1.63. The molecule has 6 heteroatoms. The molecule has 0 radical (unpaired) electrons. The molecular formula is C10H17N3O3. The van der Waals surface area contributed by atoms with Crippen molar-refractivity contribution < 1.29 is 14.6 Å². The summed E-state index contributed by atoms with van der Waals surface area (Å²) in [4.78, 5) is 10.9. The van der Waals surface area contributed by atoms with Crippen molar-refractivity contribution in [2.24, 2.45) is 5.92 Å². The Bertz CT molecular complexity index is 362. The zero-order chi connectivity index (χ0) is 12.1. The highest BCUT2D eigenvalue weighted by Gasteiger charge is 2.18. The highest BCUT2D eigenvalue weighted by Crippen LogP contribution is 2.09. The van der Waals surface area contributed by atoms with Gasteiger partial charge in [-0.1, -0.05) is 19.1 Å². The van der Waals surface area contributed by atoms with Crippen molar-refractivity contribution in [3.05, 3.63) is 11.4 Å². The second kappa shape index (κ2) is 5.60. The summed E-state index contributed by atoms with van der Waals surface area (Å²) >= 11 is 0. The Hall–Kier alpha value is -1.43. The minimum atomic E-state index is -1.03. The van der Waals surface area contributed by atoms with Crippen LogP contribution in [0, 0.1) is 5.92 Å². The lowest BCUT2D eigenvalue weighted by Crippen LogP contribution is -2.16. The van der Waals surface area contributed by atoms with Gasteiger partial charge in [0.2, 0.25) is 0 Å². The molecule has 0 spiro atoms. The number of nitrogens with zero attached hydrogens (tertiary/aromatic N) is 3. The Morgan fingerprint density at radius 2 is 2.31 bits per heavy atom. The van der Waals surface area contributed by atoms with E-state index in [2.05, 4.69) is 10.3 Å². The maximum atomic E-state index is 10.9. The molecule has 0 aliphatic carbocycles. The van der Waals surface area contributed by atoms with Gasteiger partial charge in [-0.25, -0.2) is 9.48 Å². The van der Waals surface area contributed by atoms with E-state index in [1.54, 1.807) is 11.8 Å². The lowest BCUT2D eigenvalue weighted by molar-refractivity contribution is 0.0689. The summed E-state index contributed by atoms with van der Waals surface area (Å²) in [6.45, 7) is 5.15. The molecule has 90 valence electrons. The van der Waals surface area contributed by atoms with Gasteiger partial charge in [0, 0.05) is 13.7 Å². The van der Waals surface area contributed by atoms with Gasteiger partial charge in [-0.3, -0.25) is 0 Å². The Labute approximate surface area is 94.2 Å². The number of hydrogen-bond acceptors (Lipinski definition) is 4. The molecule has 0 fully saturated rings. The molecule has 0 aromatic carbocycles. The van der Waals surface area contributed by atoms with E-state index >= 15 is 0 Å². The fourth-order valence-corrected chi connectivity index (χ4v) is 1.63. The maximum absolute atomic E-state index is 10.9. The normalized spacial score (nSPS) is 12.7. The van der Waals surface area contributed by atoms with Crippen LogP contribution in [0.3, 0.4) is 0 Å². The third kappa shape index (κ3) is 2.79. The Balaban J connectivity index is 2.84. The summed E-state index contributed by atoms with van der Waals surface area (Å²) in [6.07, 6.45) is 0.605. The fraction of sp³-hybridized carbons (Fsp3) is 0.700. The van der Waals surface area contributed by atoms with Crippen molar-refractivity contribution in [2.45, 2.75) is 26.8 Å². The van der Waals surface area contributed by atoms with Crippen LogP contribution in [-0.2, 0) is 17.7 Å². The average molecular weight is 227 g/mol. The second-order valence-electron chi connectivity index (χ2n) is 3.79. The molecule has 0 amide bonds. The number of aromatic carboxylic acids is 1. The van der Waals surface area contributed by atoms with Crippen molar-refractivity contribution in [2.75, 3.05) is 13.7 Å². The first-order chi connectivity index (χ1) is 7.60. The van der Waals surface area contributed by atoms with E-state index in [1.807, 2.05) is 13.8 Å². The largest absolute Gasteiger partial charge is 0.476 e. The molecule has 1 rings (SSSR count). The molecule has 1 aromatic rings. The average Bonchev–Trinajstić information content (AvgIpc) is 2.61. The van der Waals surface area contributed by atoms with E-state index < -0.39 is 5.97 Å². The maximum Gasteiger partial charge on any atom is 0.358 e. The van der Waals surface area contributed by atoms with Crippen LogP contribution in [0.5, 0.6) is 0 Å². The van der Waals surface area contributed by atoms with Crippen LogP contribution in [0.2, 0.25) is 0 Å². The Morgan fingerprint density at radius 3 is 2.81 bits per heavy atom. The highest BCUT2D eigenvalue weighted by molar-refractivity contribution is 5.86. The van der Waals surface area contributed by atoms with Crippen molar-refractivity contribution in [3.8, 4) is 0 Å². The second-order valence-corrected chi connectivity index (χ2v) is 3.79. The smallest absolute Gasteiger partial charge is 0.358 e. The lowest BCUT2D eigenvalue weighted by Gasteiger charge is -2.11. The van der Waals surface area contributed by atoms with Gasteiger partial charge in [0.25, 0.3) is 0 Å². The quantitative estimate of drug-likeness (QED) is 0.778. The predicted octanol–water partition coefficient (Wildman–Crippen LogP) is 0.821. The van der Waals surface area contributed by atoms with Gasteiger partial charge < -0.3 is 9.84 Å². The molecule has 1 unspecified atom stereocenters. The summed E-state index contributed by atoms with van der Waals surface area (Å²) in [5.41, 5.74) is 0.711. The zero-order valence-electron chi connectivity index (χ0n) is 9.80. The summed E-state index contributed by atoms with van der Waals surface area (Å²) in [5, 5.41) is 16.4. The van der Waals surface area contributed by atoms with E-state index in [0.717, 1.165) is 0 Å².